The van der Waals surface area contributed by atoms with E-state index in [1.54, 1.807) is 36.1 Å². The van der Waals surface area contributed by atoms with Crippen LogP contribution in [0.15, 0.2) is 67.1 Å². The van der Waals surface area contributed by atoms with Crippen LogP contribution in [0.5, 0.6) is 0 Å². The number of carboxylic acids is 1. The summed E-state index contributed by atoms with van der Waals surface area (Å²) in [5.74, 6) is -0.930. The average Bonchev–Trinajstić information content (AvgIpc) is 3.30. The second kappa shape index (κ2) is 9.67. The summed E-state index contributed by atoms with van der Waals surface area (Å²) in [5, 5.41) is 10.8. The van der Waals surface area contributed by atoms with Gasteiger partial charge in [0.1, 0.15) is 17.0 Å². The minimum absolute atomic E-state index is 0.258. The topological polar surface area (TPSA) is 96.7 Å². The number of H-pyrrole nitrogens is 1. The van der Waals surface area contributed by atoms with Crippen LogP contribution in [-0.2, 0) is 7.05 Å². The van der Waals surface area contributed by atoms with Crippen LogP contribution in [0.2, 0.25) is 0 Å². The van der Waals surface area contributed by atoms with Gasteiger partial charge < -0.3 is 14.7 Å². The van der Waals surface area contributed by atoms with Crippen molar-refractivity contribution in [1.82, 2.24) is 24.5 Å². The fourth-order valence-electron chi connectivity index (χ4n) is 3.03. The molecule has 7 nitrogen and oxygen atoms in total. The highest BCUT2D eigenvalue weighted by Gasteiger charge is 2.11. The Morgan fingerprint density at radius 3 is 2.13 bits per heavy atom. The first-order valence-electron chi connectivity index (χ1n) is 9.79. The zero-order valence-corrected chi connectivity index (χ0v) is 18.0. The average molecular weight is 415 g/mol. The molecule has 5 heterocycles. The van der Waals surface area contributed by atoms with E-state index in [-0.39, 0.29) is 5.69 Å². The van der Waals surface area contributed by atoms with E-state index in [1.165, 1.54) is 10.9 Å². The van der Waals surface area contributed by atoms with Crippen molar-refractivity contribution in [3.05, 3.63) is 89.8 Å². The van der Waals surface area contributed by atoms with Crippen molar-refractivity contribution in [1.29, 1.82) is 0 Å². The van der Waals surface area contributed by atoms with Crippen LogP contribution in [0.4, 0.5) is 0 Å². The van der Waals surface area contributed by atoms with E-state index in [4.69, 9.17) is 5.11 Å². The molecule has 0 fully saturated rings. The second-order valence-corrected chi connectivity index (χ2v) is 7.11. The summed E-state index contributed by atoms with van der Waals surface area (Å²) in [7, 11) is 1.69. The van der Waals surface area contributed by atoms with Gasteiger partial charge in [0.05, 0.1) is 0 Å². The molecule has 0 atom stereocenters. The smallest absolute Gasteiger partial charge is 0.352 e. The largest absolute Gasteiger partial charge is 0.477 e. The molecule has 0 aromatic carbocycles. The molecule has 158 valence electrons. The number of carboxylic acid groups (broad SMARTS) is 1. The van der Waals surface area contributed by atoms with Gasteiger partial charge in [-0.3, -0.25) is 4.98 Å². The van der Waals surface area contributed by atoms with Gasteiger partial charge in [-0.05, 0) is 68.8 Å². The summed E-state index contributed by atoms with van der Waals surface area (Å²) in [4.78, 5) is 26.2. The number of hydrogen-bond donors (Lipinski definition) is 2. The van der Waals surface area contributed by atoms with E-state index in [1.807, 2.05) is 44.3 Å². The zero-order valence-electron chi connectivity index (χ0n) is 18.0. The first-order valence-corrected chi connectivity index (χ1v) is 9.79. The number of aromatic carboxylic acids is 1. The van der Waals surface area contributed by atoms with E-state index >= 15 is 0 Å². The normalized spacial score (nSPS) is 10.2. The fourth-order valence-corrected chi connectivity index (χ4v) is 3.03. The Kier molecular flexibility index (Phi) is 6.77. The molecule has 5 aromatic heterocycles. The Morgan fingerprint density at radius 1 is 0.903 bits per heavy atom. The van der Waals surface area contributed by atoms with Gasteiger partial charge in [0.15, 0.2) is 0 Å². The molecule has 2 N–H and O–H groups in total. The minimum Gasteiger partial charge on any atom is -0.477 e. The third kappa shape index (κ3) is 5.33. The van der Waals surface area contributed by atoms with E-state index in [2.05, 4.69) is 39.0 Å². The molecule has 0 bridgehead atoms. The quantitative estimate of drug-likeness (QED) is 0.408. The summed E-state index contributed by atoms with van der Waals surface area (Å²) in [5.41, 5.74) is 5.46. The molecule has 0 unspecified atom stereocenters. The second-order valence-electron chi connectivity index (χ2n) is 7.11. The minimum atomic E-state index is -0.930. The lowest BCUT2D eigenvalue weighted by molar-refractivity contribution is 0.0687. The van der Waals surface area contributed by atoms with Crippen LogP contribution >= 0.6 is 0 Å². The molecular formula is C24H25N5O2. The van der Waals surface area contributed by atoms with E-state index in [9.17, 15) is 4.79 Å². The molecule has 5 aromatic rings. The van der Waals surface area contributed by atoms with Gasteiger partial charge in [-0.15, -0.1) is 0 Å². The van der Waals surface area contributed by atoms with Gasteiger partial charge in [0, 0.05) is 47.8 Å². The molecule has 0 aliphatic carbocycles. The number of nitrogens with zero attached hydrogens (tertiary/aromatic N) is 4. The number of hydrogen-bond acceptors (Lipinski definition) is 4. The maximum atomic E-state index is 10.7. The Labute approximate surface area is 180 Å². The predicted octanol–water partition coefficient (Wildman–Crippen LogP) is 4.84. The lowest BCUT2D eigenvalue weighted by Gasteiger charge is -1.96. The number of aromatic nitrogens is 5. The van der Waals surface area contributed by atoms with Crippen LogP contribution in [0.3, 0.4) is 0 Å². The van der Waals surface area contributed by atoms with Gasteiger partial charge in [0.25, 0.3) is 0 Å². The van der Waals surface area contributed by atoms with Crippen LogP contribution in [0, 0.1) is 20.8 Å². The monoisotopic (exact) mass is 415 g/mol. The van der Waals surface area contributed by atoms with Crippen LogP contribution in [0.25, 0.3) is 22.1 Å². The van der Waals surface area contributed by atoms with Gasteiger partial charge >= 0.3 is 5.97 Å². The molecule has 7 heteroatoms. The third-order valence-electron chi connectivity index (χ3n) is 4.80. The van der Waals surface area contributed by atoms with Crippen molar-refractivity contribution in [3.63, 3.8) is 0 Å². The first-order chi connectivity index (χ1) is 14.9. The molecule has 0 saturated heterocycles. The summed E-state index contributed by atoms with van der Waals surface area (Å²) in [6, 6.07) is 15.3. The molecule has 5 rings (SSSR count). The highest BCUT2D eigenvalue weighted by atomic mass is 16.4. The van der Waals surface area contributed by atoms with Crippen molar-refractivity contribution in [2.75, 3.05) is 0 Å². The summed E-state index contributed by atoms with van der Waals surface area (Å²) >= 11 is 0. The maximum Gasteiger partial charge on any atom is 0.352 e. The summed E-state index contributed by atoms with van der Waals surface area (Å²) in [6.07, 6.45) is 5.24. The van der Waals surface area contributed by atoms with Crippen LogP contribution in [0.1, 0.15) is 27.4 Å². The lowest BCUT2D eigenvalue weighted by atomic mass is 10.2. The molecule has 0 aliphatic rings. The van der Waals surface area contributed by atoms with Gasteiger partial charge in [-0.25, -0.2) is 14.8 Å². The van der Waals surface area contributed by atoms with Gasteiger partial charge in [0.2, 0.25) is 0 Å². The molecule has 0 spiro atoms. The van der Waals surface area contributed by atoms with Crippen LogP contribution in [-0.4, -0.2) is 35.6 Å². The number of pyridine rings is 3. The van der Waals surface area contributed by atoms with Crippen molar-refractivity contribution in [2.45, 2.75) is 20.8 Å². The number of aryl methyl sites for hydroxylation is 4. The Balaban J connectivity index is 0.000000136. The first kappa shape index (κ1) is 21.7. The van der Waals surface area contributed by atoms with E-state index in [0.29, 0.717) is 5.65 Å². The maximum absolute atomic E-state index is 10.7. The summed E-state index contributed by atoms with van der Waals surface area (Å²) in [6.45, 7) is 6.10. The highest BCUT2D eigenvalue weighted by Crippen LogP contribution is 2.15. The third-order valence-corrected chi connectivity index (χ3v) is 4.80. The molecular weight excluding hydrogens is 390 g/mol. The molecule has 0 radical (unpaired) electrons. The van der Waals surface area contributed by atoms with Crippen molar-refractivity contribution in [2.24, 2.45) is 7.05 Å². The van der Waals surface area contributed by atoms with Crippen LogP contribution < -0.4 is 0 Å². The van der Waals surface area contributed by atoms with Crippen molar-refractivity contribution >= 4 is 28.0 Å². The summed E-state index contributed by atoms with van der Waals surface area (Å²) < 4.78 is 1.57. The number of carbonyl (C=O) groups is 1. The molecule has 0 saturated carbocycles. The fraction of sp³-hybridized carbons (Fsp3) is 0.167. The number of fused-ring (bicyclic) bond motifs is 2. The lowest BCUT2D eigenvalue weighted by Crippen LogP contribution is -2.03. The Hall–Kier alpha value is -4.00. The SMILES string of the molecule is Cc1cc2cccnc2[nH]1.Cc1cccnc1C.Cn1c(C(=O)O)cc2cccnc21. The van der Waals surface area contributed by atoms with Gasteiger partial charge in [-0.1, -0.05) is 6.07 Å². The predicted molar refractivity (Wildman–Crippen MR) is 122 cm³/mol. The molecule has 0 amide bonds. The Morgan fingerprint density at radius 2 is 1.55 bits per heavy atom. The molecule has 31 heavy (non-hydrogen) atoms. The van der Waals surface area contributed by atoms with Crippen molar-refractivity contribution < 1.29 is 9.90 Å². The number of aromatic amines is 1. The molecule has 0 aliphatic heterocycles. The zero-order chi connectivity index (χ0) is 22.4. The van der Waals surface area contributed by atoms with E-state index in [0.717, 1.165) is 22.4 Å². The van der Waals surface area contributed by atoms with Gasteiger partial charge in [-0.2, -0.15) is 0 Å². The Bertz CT molecular complexity index is 1270. The van der Waals surface area contributed by atoms with Crippen molar-refractivity contribution in [3.8, 4) is 0 Å². The standard InChI is InChI=1S/C9H8N2O2.C8H8N2.C7H9N/c1-11-7(9(12)13)5-6-3-2-4-10-8(6)11;1-6-5-7-3-2-4-9-8(7)10-6;1-6-4-3-5-8-7(6)2/h2-5H,1H3,(H,12,13);2-5H,1H3,(H,9,10);3-5H,1-2H3. The number of rotatable bonds is 1. The highest BCUT2D eigenvalue weighted by molar-refractivity contribution is 5.93. The van der Waals surface area contributed by atoms with E-state index < -0.39 is 5.97 Å². The number of nitrogens with one attached hydrogen (secondary N) is 1.